The zero-order chi connectivity index (χ0) is 19.8. The summed E-state index contributed by atoms with van der Waals surface area (Å²) in [5, 5.41) is 2.96. The average molecular weight is 376 g/mol. The molecule has 1 aliphatic rings. The Kier molecular flexibility index (Phi) is 7.95. The van der Waals surface area contributed by atoms with Crippen LogP contribution in [0.2, 0.25) is 0 Å². The van der Waals surface area contributed by atoms with E-state index in [1.165, 1.54) is 0 Å². The van der Waals surface area contributed by atoms with Crippen molar-refractivity contribution in [3.63, 3.8) is 0 Å². The van der Waals surface area contributed by atoms with Crippen molar-refractivity contribution in [2.24, 2.45) is 5.92 Å². The largest absolute Gasteiger partial charge is 0.493 e. The molecule has 0 aromatic heterocycles. The Morgan fingerprint density at radius 3 is 2.74 bits per heavy atom. The summed E-state index contributed by atoms with van der Waals surface area (Å²) in [6, 6.07) is 7.46. The normalized spacial score (nSPS) is 16.5. The van der Waals surface area contributed by atoms with Crippen LogP contribution >= 0.6 is 0 Å². The van der Waals surface area contributed by atoms with Gasteiger partial charge in [-0.3, -0.25) is 4.79 Å². The van der Waals surface area contributed by atoms with Crippen LogP contribution < -0.4 is 10.1 Å². The first-order valence-electron chi connectivity index (χ1n) is 9.86. The molecule has 0 bridgehead atoms. The summed E-state index contributed by atoms with van der Waals surface area (Å²) < 4.78 is 5.91. The molecule has 1 N–H and O–H groups in total. The van der Waals surface area contributed by atoms with E-state index in [0.29, 0.717) is 32.0 Å². The van der Waals surface area contributed by atoms with E-state index in [1.807, 2.05) is 24.3 Å². The number of carbonyl (C=O) groups is 2. The summed E-state index contributed by atoms with van der Waals surface area (Å²) in [4.78, 5) is 28.0. The van der Waals surface area contributed by atoms with Crippen molar-refractivity contribution in [3.8, 4) is 5.75 Å². The Bertz CT molecular complexity index is 631. The number of benzene rings is 1. The molecule has 3 amide bonds. The highest BCUT2D eigenvalue weighted by Gasteiger charge is 2.34. The van der Waals surface area contributed by atoms with Gasteiger partial charge in [-0.2, -0.15) is 0 Å². The van der Waals surface area contributed by atoms with Crippen LogP contribution in [0.3, 0.4) is 0 Å². The highest BCUT2D eigenvalue weighted by molar-refractivity contribution is 5.87. The molecule has 150 valence electrons. The number of nitrogens with zero attached hydrogens (tertiary/aromatic N) is 2. The predicted octanol–water partition coefficient (Wildman–Crippen LogP) is 2.92. The van der Waals surface area contributed by atoms with Crippen molar-refractivity contribution in [2.45, 2.75) is 45.6 Å². The molecule has 0 spiro atoms. The van der Waals surface area contributed by atoms with Crippen molar-refractivity contribution in [1.29, 1.82) is 0 Å². The highest BCUT2D eigenvalue weighted by Crippen LogP contribution is 2.20. The number of hydrogen-bond donors (Lipinski definition) is 1. The van der Waals surface area contributed by atoms with Gasteiger partial charge in [0.2, 0.25) is 5.91 Å². The van der Waals surface area contributed by atoms with E-state index in [9.17, 15) is 9.59 Å². The average Bonchev–Trinajstić information content (AvgIpc) is 3.11. The minimum Gasteiger partial charge on any atom is -0.493 e. The summed E-state index contributed by atoms with van der Waals surface area (Å²) in [5.74, 6) is 1.48. The smallest absolute Gasteiger partial charge is 0.318 e. The van der Waals surface area contributed by atoms with Crippen LogP contribution in [0.15, 0.2) is 24.3 Å². The lowest BCUT2D eigenvalue weighted by atomic mass is 10.1. The van der Waals surface area contributed by atoms with Crippen molar-refractivity contribution in [1.82, 2.24) is 15.1 Å². The van der Waals surface area contributed by atoms with Crippen molar-refractivity contribution in [3.05, 3.63) is 29.8 Å². The molecule has 1 saturated heterocycles. The van der Waals surface area contributed by atoms with Crippen LogP contribution in [0.1, 0.15) is 38.7 Å². The van der Waals surface area contributed by atoms with Crippen LogP contribution in [-0.4, -0.2) is 61.6 Å². The molecule has 2 rings (SSSR count). The van der Waals surface area contributed by atoms with Crippen LogP contribution in [0.4, 0.5) is 4.79 Å². The number of likely N-dealkylation sites (N-methyl/N-ethyl adjacent to an activating group) is 1. The summed E-state index contributed by atoms with van der Waals surface area (Å²) in [6.45, 7) is 6.20. The van der Waals surface area contributed by atoms with Crippen LogP contribution in [0.25, 0.3) is 0 Å². The Labute approximate surface area is 162 Å². The zero-order valence-electron chi connectivity index (χ0n) is 17.0. The van der Waals surface area contributed by atoms with Crippen molar-refractivity contribution >= 4 is 11.9 Å². The molecule has 1 aromatic rings. The van der Waals surface area contributed by atoms with E-state index in [4.69, 9.17) is 4.74 Å². The Balaban J connectivity index is 1.85. The molecule has 0 unspecified atom stereocenters. The number of amides is 3. The number of urea groups is 1. The number of nitrogens with one attached hydrogen (secondary N) is 1. The number of para-hydroxylation sites is 1. The fourth-order valence-electron chi connectivity index (χ4n) is 3.23. The third kappa shape index (κ3) is 6.15. The Hall–Kier alpha value is -2.24. The van der Waals surface area contributed by atoms with Gasteiger partial charge in [0, 0.05) is 27.2 Å². The van der Waals surface area contributed by atoms with Gasteiger partial charge in [0.15, 0.2) is 0 Å². The lowest BCUT2D eigenvalue weighted by Crippen LogP contribution is -2.49. The number of likely N-dealkylation sites (tertiary alicyclic amines) is 1. The first-order valence-corrected chi connectivity index (χ1v) is 9.86. The van der Waals surface area contributed by atoms with Gasteiger partial charge in [-0.15, -0.1) is 0 Å². The summed E-state index contributed by atoms with van der Waals surface area (Å²) in [6.07, 6.45) is 3.31. The number of hydrogen-bond acceptors (Lipinski definition) is 3. The Morgan fingerprint density at radius 1 is 1.30 bits per heavy atom. The van der Waals surface area contributed by atoms with E-state index in [2.05, 4.69) is 19.2 Å². The molecule has 0 radical (unpaired) electrons. The zero-order valence-corrected chi connectivity index (χ0v) is 17.0. The second kappa shape index (κ2) is 10.2. The number of ether oxygens (including phenoxy) is 1. The van der Waals surface area contributed by atoms with E-state index >= 15 is 0 Å². The number of carbonyl (C=O) groups excluding carboxylic acids is 2. The molecule has 6 heteroatoms. The van der Waals surface area contributed by atoms with Gasteiger partial charge in [0.1, 0.15) is 11.8 Å². The predicted molar refractivity (Wildman–Crippen MR) is 107 cm³/mol. The minimum atomic E-state index is -0.341. The van der Waals surface area contributed by atoms with Crippen LogP contribution in [-0.2, 0) is 11.2 Å². The Morgan fingerprint density at radius 2 is 2.04 bits per heavy atom. The molecule has 27 heavy (non-hydrogen) atoms. The maximum absolute atomic E-state index is 12.5. The molecule has 1 aromatic carbocycles. The fraction of sp³-hybridized carbons (Fsp3) is 0.619. The SMILES string of the molecule is CC(C)CCOc1ccccc1CCNC(=O)N1CCC[C@H]1C(=O)N(C)C. The number of rotatable bonds is 8. The maximum Gasteiger partial charge on any atom is 0.318 e. The summed E-state index contributed by atoms with van der Waals surface area (Å²) in [5.41, 5.74) is 1.09. The third-order valence-corrected chi connectivity index (χ3v) is 4.84. The minimum absolute atomic E-state index is 0.00783. The topological polar surface area (TPSA) is 61.9 Å². The molecule has 1 fully saturated rings. The van der Waals surface area contributed by atoms with E-state index in [-0.39, 0.29) is 18.0 Å². The van der Waals surface area contributed by atoms with Gasteiger partial charge in [0.05, 0.1) is 6.61 Å². The standard InChI is InChI=1S/C21H33N3O3/c1-16(2)12-15-27-19-10-6-5-8-17(19)11-13-22-21(26)24-14-7-9-18(24)20(25)23(3)4/h5-6,8,10,16,18H,7,9,11-15H2,1-4H3,(H,22,26)/t18-/m0/s1. The van der Waals surface area contributed by atoms with E-state index in [1.54, 1.807) is 23.9 Å². The molecule has 1 atom stereocenters. The van der Waals surface area contributed by atoms with E-state index < -0.39 is 0 Å². The monoisotopic (exact) mass is 375 g/mol. The van der Waals surface area contributed by atoms with Crippen molar-refractivity contribution < 1.29 is 14.3 Å². The second-order valence-electron chi connectivity index (χ2n) is 7.70. The maximum atomic E-state index is 12.5. The molecule has 0 saturated carbocycles. The van der Waals surface area contributed by atoms with Gasteiger partial charge >= 0.3 is 6.03 Å². The van der Waals surface area contributed by atoms with Gasteiger partial charge in [-0.25, -0.2) is 4.79 Å². The molecular weight excluding hydrogens is 342 g/mol. The first-order chi connectivity index (χ1) is 12.9. The lowest BCUT2D eigenvalue weighted by molar-refractivity contribution is -0.132. The fourth-order valence-corrected chi connectivity index (χ4v) is 3.23. The van der Waals surface area contributed by atoms with Crippen LogP contribution in [0.5, 0.6) is 5.75 Å². The molecular formula is C21H33N3O3. The first kappa shape index (κ1) is 21.1. The van der Waals surface area contributed by atoms with Gasteiger partial charge in [-0.1, -0.05) is 32.0 Å². The highest BCUT2D eigenvalue weighted by atomic mass is 16.5. The quantitative estimate of drug-likeness (QED) is 0.760. The molecule has 6 nitrogen and oxygen atoms in total. The van der Waals surface area contributed by atoms with Crippen LogP contribution in [0, 0.1) is 5.92 Å². The third-order valence-electron chi connectivity index (χ3n) is 4.84. The van der Waals surface area contributed by atoms with E-state index in [0.717, 1.165) is 30.6 Å². The second-order valence-corrected chi connectivity index (χ2v) is 7.70. The van der Waals surface area contributed by atoms with Crippen molar-refractivity contribution in [2.75, 3.05) is 33.8 Å². The molecule has 1 aliphatic heterocycles. The molecule has 0 aliphatic carbocycles. The van der Waals surface area contributed by atoms with Gasteiger partial charge < -0.3 is 19.9 Å². The summed E-state index contributed by atoms with van der Waals surface area (Å²) in [7, 11) is 3.46. The van der Waals surface area contributed by atoms with Gasteiger partial charge in [-0.05, 0) is 43.2 Å². The van der Waals surface area contributed by atoms with Gasteiger partial charge in [0.25, 0.3) is 0 Å². The summed E-state index contributed by atoms with van der Waals surface area (Å²) >= 11 is 0. The lowest BCUT2D eigenvalue weighted by Gasteiger charge is -2.26. The molecule has 1 heterocycles.